The Hall–Kier alpha value is -2.73. The first-order valence-electron chi connectivity index (χ1n) is 7.51. The molecule has 0 fully saturated rings. The third-order valence-electron chi connectivity index (χ3n) is 3.32. The minimum Gasteiger partial charge on any atom is -0.264 e. The molecule has 0 atom stereocenters. The first-order chi connectivity index (χ1) is 11.9. The number of fused-ring (bicyclic) bond motifs is 2. The molecule has 0 saturated heterocycles. The van der Waals surface area contributed by atoms with Gasteiger partial charge in [0.1, 0.15) is 0 Å². The van der Waals surface area contributed by atoms with Crippen LogP contribution in [0.2, 0.25) is 0 Å². The molecule has 0 saturated carbocycles. The van der Waals surface area contributed by atoms with Gasteiger partial charge in [0.25, 0.3) is 0 Å². The van der Waals surface area contributed by atoms with Crippen molar-refractivity contribution in [1.82, 2.24) is 0 Å². The van der Waals surface area contributed by atoms with Crippen molar-refractivity contribution in [2.45, 2.75) is 0 Å². The predicted molar refractivity (Wildman–Crippen MR) is 102 cm³/mol. The molecular formula is C20H18O4S. The third-order valence-corrected chi connectivity index (χ3v) is 3.32. The van der Waals surface area contributed by atoms with Gasteiger partial charge in [-0.15, -0.1) is 0 Å². The molecule has 0 bridgehead atoms. The monoisotopic (exact) mass is 354 g/mol. The van der Waals surface area contributed by atoms with E-state index in [2.05, 4.69) is 97.1 Å². The van der Waals surface area contributed by atoms with Crippen LogP contribution in [0.5, 0.6) is 0 Å². The summed E-state index contributed by atoms with van der Waals surface area (Å²) in [6.07, 6.45) is 0. The van der Waals surface area contributed by atoms with E-state index in [1.165, 1.54) is 21.5 Å². The molecule has 4 rings (SSSR count). The summed E-state index contributed by atoms with van der Waals surface area (Å²) in [4.78, 5) is 0. The number of rotatable bonds is 0. The van der Waals surface area contributed by atoms with Gasteiger partial charge in [-0.3, -0.25) is 9.11 Å². The van der Waals surface area contributed by atoms with Crippen molar-refractivity contribution < 1.29 is 17.5 Å². The Labute approximate surface area is 146 Å². The van der Waals surface area contributed by atoms with Gasteiger partial charge in [-0.25, -0.2) is 0 Å². The molecule has 4 aromatic carbocycles. The number of hydrogen-bond donors (Lipinski definition) is 2. The van der Waals surface area contributed by atoms with Crippen LogP contribution in [-0.2, 0) is 10.4 Å². The average Bonchev–Trinajstić information content (AvgIpc) is 2.61. The molecule has 0 unspecified atom stereocenters. The van der Waals surface area contributed by atoms with Gasteiger partial charge in [0.2, 0.25) is 0 Å². The molecule has 0 spiro atoms. The van der Waals surface area contributed by atoms with Gasteiger partial charge in [-0.2, -0.15) is 8.42 Å². The molecule has 4 nitrogen and oxygen atoms in total. The van der Waals surface area contributed by atoms with Crippen LogP contribution >= 0.6 is 0 Å². The minimum absolute atomic E-state index is 1.31. The van der Waals surface area contributed by atoms with Crippen molar-refractivity contribution >= 4 is 31.9 Å². The first-order valence-corrected chi connectivity index (χ1v) is 8.90. The summed E-state index contributed by atoms with van der Waals surface area (Å²) < 4.78 is 31.6. The maximum Gasteiger partial charge on any atom is 0.394 e. The molecule has 0 radical (unpaired) electrons. The van der Waals surface area contributed by atoms with Crippen LogP contribution < -0.4 is 0 Å². The summed E-state index contributed by atoms with van der Waals surface area (Å²) in [5.41, 5.74) is 0. The highest BCUT2D eigenvalue weighted by atomic mass is 32.3. The molecule has 0 aliphatic heterocycles. The van der Waals surface area contributed by atoms with Gasteiger partial charge in [0, 0.05) is 0 Å². The maximum atomic E-state index is 8.74. The van der Waals surface area contributed by atoms with E-state index in [0.717, 1.165) is 0 Å². The molecule has 25 heavy (non-hydrogen) atoms. The van der Waals surface area contributed by atoms with E-state index >= 15 is 0 Å². The van der Waals surface area contributed by atoms with Gasteiger partial charge >= 0.3 is 10.4 Å². The SMILES string of the molecule is O=S(=O)(O)O.c1ccc2ccccc2c1.c1ccc2ccccc2c1. The fourth-order valence-corrected chi connectivity index (χ4v) is 2.27. The van der Waals surface area contributed by atoms with Crippen LogP contribution in [0.3, 0.4) is 0 Å². The van der Waals surface area contributed by atoms with Crippen molar-refractivity contribution in [3.05, 3.63) is 97.1 Å². The summed E-state index contributed by atoms with van der Waals surface area (Å²) in [6.45, 7) is 0. The Morgan fingerprint density at radius 1 is 0.440 bits per heavy atom. The Morgan fingerprint density at radius 3 is 0.680 bits per heavy atom. The zero-order chi connectivity index (χ0) is 18.1. The summed E-state index contributed by atoms with van der Waals surface area (Å²) in [6, 6.07) is 33.4. The molecule has 4 aromatic rings. The minimum atomic E-state index is -4.67. The number of benzene rings is 4. The molecule has 0 heterocycles. The molecule has 2 N–H and O–H groups in total. The predicted octanol–water partition coefficient (Wildman–Crippen LogP) is 5.03. The van der Waals surface area contributed by atoms with Gasteiger partial charge < -0.3 is 0 Å². The smallest absolute Gasteiger partial charge is 0.264 e. The lowest BCUT2D eigenvalue weighted by molar-refractivity contribution is 0.381. The summed E-state index contributed by atoms with van der Waals surface area (Å²) in [5, 5.41) is 5.24. The van der Waals surface area contributed by atoms with E-state index in [9.17, 15) is 0 Å². The molecule has 0 aliphatic carbocycles. The van der Waals surface area contributed by atoms with E-state index in [-0.39, 0.29) is 0 Å². The first kappa shape index (κ1) is 18.6. The second kappa shape index (κ2) is 8.94. The van der Waals surface area contributed by atoms with Gasteiger partial charge in [0.15, 0.2) is 0 Å². The van der Waals surface area contributed by atoms with Crippen LogP contribution in [0.1, 0.15) is 0 Å². The Balaban J connectivity index is 0.000000144. The Morgan fingerprint density at radius 2 is 0.560 bits per heavy atom. The second-order valence-corrected chi connectivity index (χ2v) is 6.04. The highest BCUT2D eigenvalue weighted by Crippen LogP contribution is 2.11. The van der Waals surface area contributed by atoms with Crippen LogP contribution in [-0.4, -0.2) is 17.5 Å². The Kier molecular flexibility index (Phi) is 6.65. The van der Waals surface area contributed by atoms with Crippen molar-refractivity contribution in [3.8, 4) is 0 Å². The van der Waals surface area contributed by atoms with E-state index < -0.39 is 10.4 Å². The van der Waals surface area contributed by atoms with Crippen molar-refractivity contribution in [2.75, 3.05) is 0 Å². The molecular weight excluding hydrogens is 336 g/mol. The normalized spacial score (nSPS) is 10.3. The molecule has 0 amide bonds. The summed E-state index contributed by atoms with van der Waals surface area (Å²) >= 11 is 0. The highest BCUT2D eigenvalue weighted by molar-refractivity contribution is 7.79. The standard InChI is InChI=1S/2C10H8.H2O4S/c2*1-2-6-10-8-4-3-7-9(10)5-1;1-5(2,3)4/h2*1-8H;(H2,1,2,3,4). The molecule has 0 aliphatic rings. The van der Waals surface area contributed by atoms with Gasteiger partial charge in [-0.05, 0) is 21.5 Å². The fourth-order valence-electron chi connectivity index (χ4n) is 2.27. The van der Waals surface area contributed by atoms with Crippen LogP contribution in [0.15, 0.2) is 97.1 Å². The molecule has 5 heteroatoms. The van der Waals surface area contributed by atoms with E-state index in [1.807, 2.05) is 0 Å². The maximum absolute atomic E-state index is 8.74. The average molecular weight is 354 g/mol. The fraction of sp³-hybridized carbons (Fsp3) is 0. The van der Waals surface area contributed by atoms with Crippen LogP contribution in [0.4, 0.5) is 0 Å². The van der Waals surface area contributed by atoms with E-state index in [4.69, 9.17) is 17.5 Å². The van der Waals surface area contributed by atoms with Crippen LogP contribution in [0, 0.1) is 0 Å². The number of hydrogen-bond acceptors (Lipinski definition) is 2. The van der Waals surface area contributed by atoms with Crippen molar-refractivity contribution in [2.24, 2.45) is 0 Å². The molecule has 128 valence electrons. The highest BCUT2D eigenvalue weighted by Gasteiger charge is 1.86. The lowest BCUT2D eigenvalue weighted by atomic mass is 10.1. The second-order valence-electron chi connectivity index (χ2n) is 5.14. The topological polar surface area (TPSA) is 74.6 Å². The lowest BCUT2D eigenvalue weighted by Gasteiger charge is -1.92. The largest absolute Gasteiger partial charge is 0.394 e. The van der Waals surface area contributed by atoms with E-state index in [0.29, 0.717) is 0 Å². The van der Waals surface area contributed by atoms with Gasteiger partial charge in [-0.1, -0.05) is 97.1 Å². The van der Waals surface area contributed by atoms with Crippen LogP contribution in [0.25, 0.3) is 21.5 Å². The lowest BCUT2D eigenvalue weighted by Crippen LogP contribution is -1.89. The summed E-state index contributed by atoms with van der Waals surface area (Å²) in [5.74, 6) is 0. The zero-order valence-electron chi connectivity index (χ0n) is 13.4. The zero-order valence-corrected chi connectivity index (χ0v) is 14.2. The van der Waals surface area contributed by atoms with Crippen molar-refractivity contribution in [3.63, 3.8) is 0 Å². The quantitative estimate of drug-likeness (QED) is 0.435. The molecule has 0 aromatic heterocycles. The Bertz CT molecular complexity index is 833. The third kappa shape index (κ3) is 7.14. The summed E-state index contributed by atoms with van der Waals surface area (Å²) in [7, 11) is -4.67. The van der Waals surface area contributed by atoms with Crippen molar-refractivity contribution in [1.29, 1.82) is 0 Å². The van der Waals surface area contributed by atoms with E-state index in [1.54, 1.807) is 0 Å². The van der Waals surface area contributed by atoms with Gasteiger partial charge in [0.05, 0.1) is 0 Å².